The van der Waals surface area contributed by atoms with Gasteiger partial charge in [-0.25, -0.2) is 0 Å². The van der Waals surface area contributed by atoms with Crippen molar-refractivity contribution < 1.29 is 4.79 Å². The van der Waals surface area contributed by atoms with Crippen LogP contribution in [0.4, 0.5) is 5.69 Å². The summed E-state index contributed by atoms with van der Waals surface area (Å²) < 4.78 is 1.92. The number of hydrogen-bond acceptors (Lipinski definition) is 2. The number of rotatable bonds is 3. The van der Waals surface area contributed by atoms with Crippen LogP contribution in [0.3, 0.4) is 0 Å². The second-order valence-corrected chi connectivity index (χ2v) is 6.21. The molecule has 0 saturated heterocycles. The molecule has 5 heteroatoms. The lowest BCUT2D eigenvalue weighted by Crippen LogP contribution is -2.29. The zero-order chi connectivity index (χ0) is 15.8. The summed E-state index contributed by atoms with van der Waals surface area (Å²) in [6, 6.07) is 10.2. The smallest absolute Gasteiger partial charge is 0.276 e. The summed E-state index contributed by atoms with van der Waals surface area (Å²) in [6.45, 7) is 0. The lowest BCUT2D eigenvalue weighted by atomic mass is 10.2. The van der Waals surface area contributed by atoms with E-state index in [9.17, 15) is 4.79 Å². The van der Waals surface area contributed by atoms with Gasteiger partial charge in [-0.05, 0) is 42.5 Å². The first-order chi connectivity index (χ1) is 11.2. The van der Waals surface area contributed by atoms with Crippen molar-refractivity contribution in [3.63, 3.8) is 0 Å². The Morgan fingerprint density at radius 2 is 2.09 bits per heavy atom. The molecule has 118 valence electrons. The summed E-state index contributed by atoms with van der Waals surface area (Å²) in [5.74, 6) is -0.0136. The molecular formula is C18H20N4O. The van der Waals surface area contributed by atoms with Gasteiger partial charge in [0.25, 0.3) is 5.91 Å². The Morgan fingerprint density at radius 1 is 1.26 bits per heavy atom. The molecule has 1 aliphatic carbocycles. The van der Waals surface area contributed by atoms with Crippen LogP contribution in [0, 0.1) is 0 Å². The minimum atomic E-state index is -0.0136. The fraction of sp³-hybridized carbons (Fsp3) is 0.333. The Hall–Kier alpha value is -2.56. The van der Waals surface area contributed by atoms with Gasteiger partial charge in [0.15, 0.2) is 0 Å². The van der Waals surface area contributed by atoms with Gasteiger partial charge in [0.2, 0.25) is 0 Å². The maximum Gasteiger partial charge on any atom is 0.276 e. The number of hydrogen-bond donors (Lipinski definition) is 1. The molecule has 2 aromatic heterocycles. The van der Waals surface area contributed by atoms with Crippen molar-refractivity contribution in [2.24, 2.45) is 0 Å². The molecule has 0 bridgehead atoms. The Labute approximate surface area is 134 Å². The number of carbonyl (C=O) groups excluding carboxylic acids is 1. The van der Waals surface area contributed by atoms with Crippen molar-refractivity contribution >= 4 is 22.5 Å². The average Bonchev–Trinajstić information content (AvgIpc) is 3.32. The molecule has 2 heterocycles. The molecule has 1 aromatic carbocycles. The second kappa shape index (κ2) is 5.57. The third kappa shape index (κ3) is 2.42. The van der Waals surface area contributed by atoms with Crippen LogP contribution in [0.5, 0.6) is 0 Å². The van der Waals surface area contributed by atoms with Gasteiger partial charge in [0.05, 0.1) is 6.04 Å². The van der Waals surface area contributed by atoms with E-state index in [2.05, 4.69) is 10.1 Å². The van der Waals surface area contributed by atoms with E-state index in [1.54, 1.807) is 11.1 Å². The average molecular weight is 308 g/mol. The van der Waals surface area contributed by atoms with Crippen LogP contribution >= 0.6 is 0 Å². The molecule has 1 amide bonds. The highest BCUT2D eigenvalue weighted by molar-refractivity contribution is 6.05. The van der Waals surface area contributed by atoms with Gasteiger partial charge in [-0.3, -0.25) is 9.48 Å². The highest BCUT2D eigenvalue weighted by Crippen LogP contribution is 2.30. The summed E-state index contributed by atoms with van der Waals surface area (Å²) in [7, 11) is 1.82. The number of nitrogens with one attached hydrogen (secondary N) is 1. The normalized spacial score (nSPS) is 15.3. The molecule has 4 rings (SSSR count). The van der Waals surface area contributed by atoms with Crippen LogP contribution in [0.2, 0.25) is 0 Å². The molecule has 3 aromatic rings. The molecule has 23 heavy (non-hydrogen) atoms. The number of aromatic amines is 1. The van der Waals surface area contributed by atoms with E-state index in [0.717, 1.165) is 29.4 Å². The van der Waals surface area contributed by atoms with Crippen molar-refractivity contribution in [3.8, 4) is 0 Å². The topological polar surface area (TPSA) is 53.9 Å². The van der Waals surface area contributed by atoms with Gasteiger partial charge >= 0.3 is 0 Å². The van der Waals surface area contributed by atoms with Gasteiger partial charge in [-0.1, -0.05) is 18.9 Å². The van der Waals surface area contributed by atoms with Crippen molar-refractivity contribution in [1.29, 1.82) is 0 Å². The first-order valence-corrected chi connectivity index (χ1v) is 8.13. The third-order valence-electron chi connectivity index (χ3n) is 4.79. The third-order valence-corrected chi connectivity index (χ3v) is 4.79. The van der Waals surface area contributed by atoms with Crippen molar-refractivity contribution in [3.05, 3.63) is 48.4 Å². The van der Waals surface area contributed by atoms with Crippen molar-refractivity contribution in [2.75, 3.05) is 11.9 Å². The second-order valence-electron chi connectivity index (χ2n) is 6.21. The van der Waals surface area contributed by atoms with Crippen LogP contribution in [0.15, 0.2) is 42.7 Å². The summed E-state index contributed by atoms with van der Waals surface area (Å²) in [5.41, 5.74) is 2.58. The van der Waals surface area contributed by atoms with Gasteiger partial charge < -0.3 is 9.88 Å². The number of nitrogens with zero attached hydrogens (tertiary/aromatic N) is 3. The fourth-order valence-electron chi connectivity index (χ4n) is 3.46. The van der Waals surface area contributed by atoms with E-state index in [4.69, 9.17) is 0 Å². The van der Waals surface area contributed by atoms with Crippen LogP contribution in [0.25, 0.3) is 10.9 Å². The quantitative estimate of drug-likeness (QED) is 0.801. The van der Waals surface area contributed by atoms with Crippen LogP contribution in [-0.2, 0) is 0 Å². The van der Waals surface area contributed by atoms with Gasteiger partial charge in [0, 0.05) is 30.6 Å². The minimum absolute atomic E-state index is 0.0136. The molecule has 1 saturated carbocycles. The van der Waals surface area contributed by atoms with Crippen LogP contribution < -0.4 is 4.90 Å². The number of amides is 1. The van der Waals surface area contributed by atoms with E-state index in [0.29, 0.717) is 11.7 Å². The minimum Gasteiger partial charge on any atom is -0.361 e. The standard InChI is InChI=1S/C18H20N4O/c1-21(15-7-6-13-8-10-19-16(13)12-15)18(23)17-9-11-20-22(17)14-4-2-3-5-14/h6-12,14,19H,2-5H2,1H3. The Kier molecular flexibility index (Phi) is 3.41. The highest BCUT2D eigenvalue weighted by Gasteiger charge is 2.24. The maximum atomic E-state index is 12.9. The predicted octanol–water partition coefficient (Wildman–Crippen LogP) is 3.76. The Morgan fingerprint density at radius 3 is 2.91 bits per heavy atom. The van der Waals surface area contributed by atoms with E-state index < -0.39 is 0 Å². The SMILES string of the molecule is CN(C(=O)c1ccnn1C1CCCC1)c1ccc2cc[nH]c2c1. The highest BCUT2D eigenvalue weighted by atomic mass is 16.2. The maximum absolute atomic E-state index is 12.9. The number of carbonyl (C=O) groups is 1. The van der Waals surface area contributed by atoms with Crippen LogP contribution in [0.1, 0.15) is 42.2 Å². The van der Waals surface area contributed by atoms with E-state index in [1.165, 1.54) is 12.8 Å². The first kappa shape index (κ1) is 14.1. The first-order valence-electron chi connectivity index (χ1n) is 8.13. The number of fused-ring (bicyclic) bond motifs is 1. The molecule has 0 aliphatic heterocycles. The summed E-state index contributed by atoms with van der Waals surface area (Å²) in [6.07, 6.45) is 8.30. The number of aromatic nitrogens is 3. The molecule has 0 atom stereocenters. The monoisotopic (exact) mass is 308 g/mol. The fourth-order valence-corrected chi connectivity index (χ4v) is 3.46. The molecule has 1 aliphatic rings. The number of anilines is 1. The molecule has 0 radical (unpaired) electrons. The lowest BCUT2D eigenvalue weighted by molar-refractivity contribution is 0.0980. The molecular weight excluding hydrogens is 288 g/mol. The Balaban J connectivity index is 1.64. The van der Waals surface area contributed by atoms with Crippen molar-refractivity contribution in [1.82, 2.24) is 14.8 Å². The lowest BCUT2D eigenvalue weighted by Gasteiger charge is -2.20. The number of H-pyrrole nitrogens is 1. The van der Waals surface area contributed by atoms with E-state index in [1.807, 2.05) is 48.3 Å². The molecule has 1 N–H and O–H groups in total. The largest absolute Gasteiger partial charge is 0.361 e. The number of benzene rings is 1. The van der Waals surface area contributed by atoms with E-state index >= 15 is 0 Å². The summed E-state index contributed by atoms with van der Waals surface area (Å²) >= 11 is 0. The molecule has 0 unspecified atom stereocenters. The van der Waals surface area contributed by atoms with E-state index in [-0.39, 0.29) is 5.91 Å². The zero-order valence-corrected chi connectivity index (χ0v) is 13.2. The summed E-state index contributed by atoms with van der Waals surface area (Å²) in [5, 5.41) is 5.54. The molecule has 0 spiro atoms. The molecule has 1 fully saturated rings. The Bertz CT molecular complexity index is 841. The van der Waals surface area contributed by atoms with Gasteiger partial charge in [-0.15, -0.1) is 0 Å². The zero-order valence-electron chi connectivity index (χ0n) is 13.2. The van der Waals surface area contributed by atoms with Gasteiger partial charge in [-0.2, -0.15) is 5.10 Å². The van der Waals surface area contributed by atoms with Crippen molar-refractivity contribution in [2.45, 2.75) is 31.7 Å². The molecule has 5 nitrogen and oxygen atoms in total. The van der Waals surface area contributed by atoms with Gasteiger partial charge in [0.1, 0.15) is 5.69 Å². The summed E-state index contributed by atoms with van der Waals surface area (Å²) in [4.78, 5) is 17.8. The predicted molar refractivity (Wildman–Crippen MR) is 90.8 cm³/mol. The van der Waals surface area contributed by atoms with Crippen LogP contribution in [-0.4, -0.2) is 27.7 Å².